The molecule has 0 bridgehead atoms. The average molecular weight is 449 g/mol. The van der Waals surface area contributed by atoms with Gasteiger partial charge in [0.2, 0.25) is 5.91 Å². The smallest absolute Gasteiger partial charge is 0.416 e. The van der Waals surface area contributed by atoms with Crippen molar-refractivity contribution in [1.82, 2.24) is 9.88 Å². The van der Waals surface area contributed by atoms with Crippen molar-refractivity contribution >= 4 is 22.9 Å². The van der Waals surface area contributed by atoms with Crippen molar-refractivity contribution in [2.45, 2.75) is 19.6 Å². The van der Waals surface area contributed by atoms with Crippen molar-refractivity contribution in [3.63, 3.8) is 0 Å². The first-order chi connectivity index (χ1) is 14.8. The third-order valence-electron chi connectivity index (χ3n) is 4.56. The fraction of sp³-hybridized carbons (Fsp3) is 0.273. The largest absolute Gasteiger partial charge is 0.497 e. The van der Waals surface area contributed by atoms with Crippen LogP contribution in [0.2, 0.25) is 0 Å². The molecule has 1 N–H and O–H groups in total. The Morgan fingerprint density at radius 3 is 2.58 bits per heavy atom. The van der Waals surface area contributed by atoms with Gasteiger partial charge in [0.25, 0.3) is 0 Å². The van der Waals surface area contributed by atoms with Crippen LogP contribution in [0.3, 0.4) is 0 Å². The SMILES string of the molecule is CCN(CC(=O)Nc1cccc(OC)c1)Cc1csc(-c2ccc(C(F)(F)F)cc2)n1. The number of carbonyl (C=O) groups excluding carboxylic acids is 1. The molecular weight excluding hydrogens is 427 g/mol. The molecule has 5 nitrogen and oxygen atoms in total. The molecule has 2 aromatic carbocycles. The van der Waals surface area contributed by atoms with E-state index < -0.39 is 11.7 Å². The number of carbonyl (C=O) groups is 1. The molecule has 3 rings (SSSR count). The molecule has 0 spiro atoms. The van der Waals surface area contributed by atoms with Crippen LogP contribution in [-0.2, 0) is 17.5 Å². The van der Waals surface area contributed by atoms with Gasteiger partial charge in [0.05, 0.1) is 24.9 Å². The van der Waals surface area contributed by atoms with Crippen LogP contribution < -0.4 is 10.1 Å². The molecule has 0 atom stereocenters. The molecule has 0 aliphatic carbocycles. The van der Waals surface area contributed by atoms with Crippen LogP contribution in [0.4, 0.5) is 18.9 Å². The summed E-state index contributed by atoms with van der Waals surface area (Å²) in [5.74, 6) is 0.497. The summed E-state index contributed by atoms with van der Waals surface area (Å²) in [5.41, 5.74) is 1.35. The topological polar surface area (TPSA) is 54.5 Å². The Morgan fingerprint density at radius 1 is 1.19 bits per heavy atom. The zero-order valence-corrected chi connectivity index (χ0v) is 17.9. The van der Waals surface area contributed by atoms with E-state index in [1.807, 2.05) is 17.2 Å². The number of halogens is 3. The lowest BCUT2D eigenvalue weighted by Gasteiger charge is -2.18. The predicted molar refractivity (Wildman–Crippen MR) is 115 cm³/mol. The molecule has 164 valence electrons. The predicted octanol–water partition coefficient (Wildman–Crippen LogP) is 5.30. The van der Waals surface area contributed by atoms with E-state index in [1.54, 1.807) is 31.4 Å². The van der Waals surface area contributed by atoms with Gasteiger partial charge in [-0.1, -0.05) is 25.1 Å². The van der Waals surface area contributed by atoms with Crippen LogP contribution in [0.1, 0.15) is 18.2 Å². The third kappa shape index (κ3) is 6.28. The molecule has 0 unspecified atom stereocenters. The molecule has 9 heteroatoms. The first-order valence-corrected chi connectivity index (χ1v) is 10.4. The van der Waals surface area contributed by atoms with Gasteiger partial charge in [0.15, 0.2) is 0 Å². The zero-order valence-electron chi connectivity index (χ0n) is 17.1. The molecular formula is C22H22F3N3O2S. The summed E-state index contributed by atoms with van der Waals surface area (Å²) in [4.78, 5) is 18.9. The first-order valence-electron chi connectivity index (χ1n) is 9.56. The molecule has 1 heterocycles. The second kappa shape index (κ2) is 9.93. The fourth-order valence-corrected chi connectivity index (χ4v) is 3.74. The summed E-state index contributed by atoms with van der Waals surface area (Å²) in [6.45, 7) is 3.22. The number of hydrogen-bond acceptors (Lipinski definition) is 5. The minimum absolute atomic E-state index is 0.159. The normalized spacial score (nSPS) is 11.5. The van der Waals surface area contributed by atoms with Crippen molar-refractivity contribution in [3.05, 3.63) is 65.2 Å². The second-order valence-corrected chi connectivity index (χ2v) is 7.66. The van der Waals surface area contributed by atoms with Gasteiger partial charge in [-0.25, -0.2) is 4.98 Å². The lowest BCUT2D eigenvalue weighted by Crippen LogP contribution is -2.32. The maximum Gasteiger partial charge on any atom is 0.416 e. The maximum atomic E-state index is 12.7. The Labute approximate surface area is 182 Å². The molecule has 0 aliphatic rings. The van der Waals surface area contributed by atoms with Gasteiger partial charge in [0, 0.05) is 29.2 Å². The highest BCUT2D eigenvalue weighted by molar-refractivity contribution is 7.13. The maximum absolute atomic E-state index is 12.7. The lowest BCUT2D eigenvalue weighted by atomic mass is 10.1. The zero-order chi connectivity index (χ0) is 22.4. The number of benzene rings is 2. The van der Waals surface area contributed by atoms with Gasteiger partial charge in [-0.05, 0) is 30.8 Å². The molecule has 1 aromatic heterocycles. The van der Waals surface area contributed by atoms with Gasteiger partial charge in [-0.15, -0.1) is 11.3 Å². The fourth-order valence-electron chi connectivity index (χ4n) is 2.93. The number of aromatic nitrogens is 1. The lowest BCUT2D eigenvalue weighted by molar-refractivity contribution is -0.137. The van der Waals surface area contributed by atoms with Crippen LogP contribution in [0, 0.1) is 0 Å². The number of methoxy groups -OCH3 is 1. The summed E-state index contributed by atoms with van der Waals surface area (Å²) >= 11 is 1.36. The second-order valence-electron chi connectivity index (χ2n) is 6.80. The number of nitrogens with one attached hydrogen (secondary N) is 1. The molecule has 0 saturated heterocycles. The van der Waals surface area contributed by atoms with E-state index in [2.05, 4.69) is 10.3 Å². The molecule has 3 aromatic rings. The minimum Gasteiger partial charge on any atom is -0.497 e. The van der Waals surface area contributed by atoms with Gasteiger partial charge >= 0.3 is 6.18 Å². The summed E-state index contributed by atoms with van der Waals surface area (Å²) in [7, 11) is 1.56. The van der Waals surface area contributed by atoms with Crippen LogP contribution in [0.5, 0.6) is 5.75 Å². The Morgan fingerprint density at radius 2 is 1.94 bits per heavy atom. The molecule has 31 heavy (non-hydrogen) atoms. The highest BCUT2D eigenvalue weighted by Crippen LogP contribution is 2.31. The van der Waals surface area contributed by atoms with Crippen LogP contribution in [0.25, 0.3) is 10.6 Å². The van der Waals surface area contributed by atoms with Gasteiger partial charge < -0.3 is 10.1 Å². The van der Waals surface area contributed by atoms with Crippen molar-refractivity contribution in [2.75, 3.05) is 25.5 Å². The van der Waals surface area contributed by atoms with Gasteiger partial charge in [0.1, 0.15) is 10.8 Å². The molecule has 0 aliphatic heterocycles. The first kappa shape index (κ1) is 22.8. The number of nitrogens with zero attached hydrogens (tertiary/aromatic N) is 2. The Hall–Kier alpha value is -2.91. The van der Waals surface area contributed by atoms with E-state index in [1.165, 1.54) is 23.5 Å². The van der Waals surface area contributed by atoms with E-state index in [9.17, 15) is 18.0 Å². The summed E-state index contributed by atoms with van der Waals surface area (Å²) in [6.07, 6.45) is -4.36. The number of hydrogen-bond donors (Lipinski definition) is 1. The molecule has 1 amide bonds. The average Bonchev–Trinajstić information content (AvgIpc) is 3.21. The van der Waals surface area contributed by atoms with Crippen LogP contribution in [-0.4, -0.2) is 36.0 Å². The Kier molecular flexibility index (Phi) is 7.29. The summed E-state index contributed by atoms with van der Waals surface area (Å²) < 4.78 is 43.3. The monoisotopic (exact) mass is 449 g/mol. The molecule has 0 fully saturated rings. The van der Waals surface area contributed by atoms with Gasteiger partial charge in [-0.3, -0.25) is 9.69 Å². The number of likely N-dealkylation sites (N-methyl/N-ethyl adjacent to an activating group) is 1. The summed E-state index contributed by atoms with van der Waals surface area (Å²) in [5, 5.41) is 5.34. The van der Waals surface area contributed by atoms with Crippen molar-refractivity contribution < 1.29 is 22.7 Å². The number of amides is 1. The summed E-state index contributed by atoms with van der Waals surface area (Å²) in [6, 6.07) is 12.1. The Bertz CT molecular complexity index is 1020. The van der Waals surface area contributed by atoms with Crippen molar-refractivity contribution in [2.24, 2.45) is 0 Å². The van der Waals surface area contributed by atoms with E-state index in [4.69, 9.17) is 4.74 Å². The van der Waals surface area contributed by atoms with Crippen molar-refractivity contribution in [3.8, 4) is 16.3 Å². The highest BCUT2D eigenvalue weighted by atomic mass is 32.1. The van der Waals surface area contributed by atoms with Crippen LogP contribution >= 0.6 is 11.3 Å². The van der Waals surface area contributed by atoms with E-state index in [0.717, 1.165) is 17.8 Å². The van der Waals surface area contributed by atoms with Crippen molar-refractivity contribution in [1.29, 1.82) is 0 Å². The number of ether oxygens (including phenoxy) is 1. The highest BCUT2D eigenvalue weighted by Gasteiger charge is 2.30. The van der Waals surface area contributed by atoms with Crippen LogP contribution in [0.15, 0.2) is 53.9 Å². The van der Waals surface area contributed by atoms with Gasteiger partial charge in [-0.2, -0.15) is 13.2 Å². The number of anilines is 1. The molecule has 0 radical (unpaired) electrons. The number of alkyl halides is 3. The number of thiazole rings is 1. The third-order valence-corrected chi connectivity index (χ3v) is 5.50. The Balaban J connectivity index is 1.60. The molecule has 0 saturated carbocycles. The quantitative estimate of drug-likeness (QED) is 0.507. The standard InChI is InChI=1S/C22H22F3N3O2S/c1-3-28(13-20(29)26-17-5-4-6-19(11-17)30-2)12-18-14-31-21(27-18)15-7-9-16(10-8-15)22(23,24)25/h4-11,14H,3,12-13H2,1-2H3,(H,26,29). The van der Waals surface area contributed by atoms with E-state index in [0.29, 0.717) is 35.1 Å². The minimum atomic E-state index is -4.36. The number of rotatable bonds is 8. The van der Waals surface area contributed by atoms with E-state index >= 15 is 0 Å². The van der Waals surface area contributed by atoms with E-state index in [-0.39, 0.29) is 12.5 Å².